The zero-order valence-electron chi connectivity index (χ0n) is 14.1. The molecule has 0 aromatic carbocycles. The minimum atomic E-state index is 0.684. The van der Waals surface area contributed by atoms with Gasteiger partial charge in [-0.25, -0.2) is 0 Å². The second kappa shape index (κ2) is 7.79. The quantitative estimate of drug-likeness (QED) is 0.865. The molecule has 1 N–H and O–H groups in total. The highest BCUT2D eigenvalue weighted by Crippen LogP contribution is 2.27. The maximum Gasteiger partial charge on any atom is 0.0562 e. The predicted molar refractivity (Wildman–Crippen MR) is 90.6 cm³/mol. The minimum Gasteiger partial charge on any atom is -0.371 e. The van der Waals surface area contributed by atoms with Crippen LogP contribution >= 0.6 is 0 Å². The molecule has 0 atom stereocenters. The summed E-state index contributed by atoms with van der Waals surface area (Å²) in [5, 5.41) is 3.47. The normalized spacial score (nSPS) is 17.0. The minimum absolute atomic E-state index is 0.684. The van der Waals surface area contributed by atoms with Gasteiger partial charge in [0.05, 0.1) is 5.69 Å². The van der Waals surface area contributed by atoms with Crippen LogP contribution in [0.4, 0.5) is 5.69 Å². The summed E-state index contributed by atoms with van der Waals surface area (Å²) in [5.74, 6) is 2.40. The first-order valence-corrected chi connectivity index (χ1v) is 8.47. The fourth-order valence-electron chi connectivity index (χ4n) is 3.07. The van der Waals surface area contributed by atoms with Crippen LogP contribution in [0.1, 0.15) is 46.2 Å². The molecule has 1 fully saturated rings. The van der Waals surface area contributed by atoms with Crippen molar-refractivity contribution in [2.45, 2.75) is 47.1 Å². The molecule has 0 amide bonds. The molecule has 1 aliphatic heterocycles. The molecule has 1 aromatic rings. The Bertz CT molecular complexity index is 420. The zero-order valence-corrected chi connectivity index (χ0v) is 14.1. The van der Waals surface area contributed by atoms with E-state index in [1.807, 2.05) is 6.20 Å². The van der Waals surface area contributed by atoms with Gasteiger partial charge in [0.1, 0.15) is 0 Å². The molecule has 1 saturated heterocycles. The average Bonchev–Trinajstić information content (AvgIpc) is 2.47. The monoisotopic (exact) mass is 289 g/mol. The number of rotatable bonds is 6. The Labute approximate surface area is 130 Å². The van der Waals surface area contributed by atoms with Gasteiger partial charge in [-0.3, -0.25) is 4.98 Å². The van der Waals surface area contributed by atoms with Gasteiger partial charge in [0.2, 0.25) is 0 Å². The molecule has 2 heterocycles. The Kier molecular flexibility index (Phi) is 6.04. The fourth-order valence-corrected chi connectivity index (χ4v) is 3.07. The SMILES string of the molecule is CC(C)CNCc1cc(N2CCC(C(C)C)CC2)ccn1. The third kappa shape index (κ3) is 4.99. The van der Waals surface area contributed by atoms with Crippen molar-refractivity contribution in [1.29, 1.82) is 0 Å². The van der Waals surface area contributed by atoms with Crippen molar-refractivity contribution in [1.82, 2.24) is 10.3 Å². The molecular weight excluding hydrogens is 258 g/mol. The van der Waals surface area contributed by atoms with Gasteiger partial charge >= 0.3 is 0 Å². The number of hydrogen-bond donors (Lipinski definition) is 1. The van der Waals surface area contributed by atoms with E-state index < -0.39 is 0 Å². The number of nitrogens with zero attached hydrogens (tertiary/aromatic N) is 2. The van der Waals surface area contributed by atoms with Crippen LogP contribution in [0.25, 0.3) is 0 Å². The first-order valence-electron chi connectivity index (χ1n) is 8.47. The summed E-state index contributed by atoms with van der Waals surface area (Å²) in [6, 6.07) is 4.41. The van der Waals surface area contributed by atoms with Crippen molar-refractivity contribution in [2.24, 2.45) is 17.8 Å². The third-order valence-electron chi connectivity index (χ3n) is 4.51. The Morgan fingerprint density at radius 1 is 1.24 bits per heavy atom. The summed E-state index contributed by atoms with van der Waals surface area (Å²) in [6.45, 7) is 13.5. The Balaban J connectivity index is 1.89. The molecule has 0 unspecified atom stereocenters. The van der Waals surface area contributed by atoms with Crippen LogP contribution in [0.3, 0.4) is 0 Å². The van der Waals surface area contributed by atoms with E-state index in [0.29, 0.717) is 5.92 Å². The molecule has 1 aromatic heterocycles. The largest absolute Gasteiger partial charge is 0.371 e. The highest BCUT2D eigenvalue weighted by Gasteiger charge is 2.21. The summed E-state index contributed by atoms with van der Waals surface area (Å²) >= 11 is 0. The summed E-state index contributed by atoms with van der Waals surface area (Å²) in [7, 11) is 0. The second-order valence-corrected chi connectivity index (χ2v) is 7.10. The van der Waals surface area contributed by atoms with Gasteiger partial charge in [0.15, 0.2) is 0 Å². The van der Waals surface area contributed by atoms with E-state index in [0.717, 1.165) is 30.6 Å². The first-order chi connectivity index (χ1) is 10.1. The number of piperidine rings is 1. The first kappa shape index (κ1) is 16.3. The lowest BCUT2D eigenvalue weighted by Gasteiger charge is -2.35. The predicted octanol–water partition coefficient (Wildman–Crippen LogP) is 3.70. The fraction of sp³-hybridized carbons (Fsp3) is 0.722. The van der Waals surface area contributed by atoms with Crippen LogP contribution in [-0.2, 0) is 6.54 Å². The van der Waals surface area contributed by atoms with Gasteiger partial charge in [-0.1, -0.05) is 27.7 Å². The van der Waals surface area contributed by atoms with Crippen LogP contribution in [0, 0.1) is 17.8 Å². The molecule has 3 nitrogen and oxygen atoms in total. The molecule has 0 aliphatic carbocycles. The number of nitrogens with one attached hydrogen (secondary N) is 1. The third-order valence-corrected chi connectivity index (χ3v) is 4.51. The summed E-state index contributed by atoms with van der Waals surface area (Å²) in [4.78, 5) is 7.01. The topological polar surface area (TPSA) is 28.2 Å². The van der Waals surface area contributed by atoms with Gasteiger partial charge in [-0.05, 0) is 49.3 Å². The number of anilines is 1. The van der Waals surface area contributed by atoms with Crippen molar-refractivity contribution in [3.63, 3.8) is 0 Å². The highest BCUT2D eigenvalue weighted by atomic mass is 15.1. The standard InChI is InChI=1S/C18H31N3/c1-14(2)12-19-13-17-11-18(5-8-20-17)21-9-6-16(7-10-21)15(3)4/h5,8,11,14-16,19H,6-7,9-10,12-13H2,1-4H3. The molecule has 0 saturated carbocycles. The van der Waals surface area contributed by atoms with E-state index in [-0.39, 0.29) is 0 Å². The summed E-state index contributed by atoms with van der Waals surface area (Å²) < 4.78 is 0. The average molecular weight is 289 g/mol. The van der Waals surface area contributed by atoms with E-state index in [1.54, 1.807) is 0 Å². The van der Waals surface area contributed by atoms with Crippen LogP contribution in [0.15, 0.2) is 18.3 Å². The number of aromatic nitrogens is 1. The van der Waals surface area contributed by atoms with Gasteiger partial charge in [-0.2, -0.15) is 0 Å². The van der Waals surface area contributed by atoms with Gasteiger partial charge in [0, 0.05) is 31.5 Å². The molecule has 21 heavy (non-hydrogen) atoms. The summed E-state index contributed by atoms with van der Waals surface area (Å²) in [5.41, 5.74) is 2.49. The molecular formula is C18H31N3. The van der Waals surface area contributed by atoms with E-state index in [1.165, 1.54) is 31.6 Å². The summed E-state index contributed by atoms with van der Waals surface area (Å²) in [6.07, 6.45) is 4.60. The molecule has 2 rings (SSSR count). The maximum absolute atomic E-state index is 4.49. The van der Waals surface area contributed by atoms with Crippen LogP contribution in [-0.4, -0.2) is 24.6 Å². The highest BCUT2D eigenvalue weighted by molar-refractivity contribution is 5.46. The molecule has 118 valence electrons. The van der Waals surface area contributed by atoms with E-state index in [9.17, 15) is 0 Å². The number of pyridine rings is 1. The van der Waals surface area contributed by atoms with E-state index >= 15 is 0 Å². The molecule has 0 bridgehead atoms. The molecule has 3 heteroatoms. The second-order valence-electron chi connectivity index (χ2n) is 7.10. The smallest absolute Gasteiger partial charge is 0.0562 e. The van der Waals surface area contributed by atoms with Crippen molar-refractivity contribution in [3.8, 4) is 0 Å². The van der Waals surface area contributed by atoms with Gasteiger partial charge in [-0.15, -0.1) is 0 Å². The van der Waals surface area contributed by atoms with Crippen LogP contribution in [0.2, 0.25) is 0 Å². The zero-order chi connectivity index (χ0) is 15.2. The Morgan fingerprint density at radius 2 is 1.95 bits per heavy atom. The molecule has 0 radical (unpaired) electrons. The van der Waals surface area contributed by atoms with Crippen molar-refractivity contribution in [2.75, 3.05) is 24.5 Å². The maximum atomic E-state index is 4.49. The Hall–Kier alpha value is -1.09. The van der Waals surface area contributed by atoms with Crippen molar-refractivity contribution >= 4 is 5.69 Å². The van der Waals surface area contributed by atoms with Gasteiger partial charge < -0.3 is 10.2 Å². The molecule has 0 spiro atoms. The lowest BCUT2D eigenvalue weighted by Crippen LogP contribution is -2.35. The van der Waals surface area contributed by atoms with Crippen LogP contribution in [0.5, 0.6) is 0 Å². The van der Waals surface area contributed by atoms with Crippen molar-refractivity contribution < 1.29 is 0 Å². The van der Waals surface area contributed by atoms with E-state index in [4.69, 9.17) is 0 Å². The number of hydrogen-bond acceptors (Lipinski definition) is 3. The molecule has 1 aliphatic rings. The van der Waals surface area contributed by atoms with Crippen molar-refractivity contribution in [3.05, 3.63) is 24.0 Å². The van der Waals surface area contributed by atoms with Crippen LogP contribution < -0.4 is 10.2 Å². The lowest BCUT2D eigenvalue weighted by atomic mass is 9.86. The lowest BCUT2D eigenvalue weighted by molar-refractivity contribution is 0.311. The Morgan fingerprint density at radius 3 is 2.57 bits per heavy atom. The van der Waals surface area contributed by atoms with Gasteiger partial charge in [0.25, 0.3) is 0 Å². The van der Waals surface area contributed by atoms with E-state index in [2.05, 4.69) is 55.0 Å².